The number of allylic oxidation sites excluding steroid dienone is 1. The Kier molecular flexibility index (Phi) is 5.07. The summed E-state index contributed by atoms with van der Waals surface area (Å²) in [5.41, 5.74) is 0.752. The Hall–Kier alpha value is -1.97. The second kappa shape index (κ2) is 6.58. The molecular formula is C13H18N2O2. The Balaban J connectivity index is 2.53. The zero-order chi connectivity index (χ0) is 12.7. The van der Waals surface area contributed by atoms with Crippen LogP contribution in [-0.2, 0) is 0 Å². The predicted molar refractivity (Wildman–Crippen MR) is 69.5 cm³/mol. The Labute approximate surface area is 102 Å². The van der Waals surface area contributed by atoms with E-state index in [-0.39, 0.29) is 6.03 Å². The summed E-state index contributed by atoms with van der Waals surface area (Å²) in [7, 11) is 3.40. The first kappa shape index (κ1) is 13.1. The van der Waals surface area contributed by atoms with Gasteiger partial charge in [0.15, 0.2) is 0 Å². The maximum Gasteiger partial charge on any atom is 0.321 e. The summed E-state index contributed by atoms with van der Waals surface area (Å²) in [6.45, 7) is 2.50. The van der Waals surface area contributed by atoms with Crippen molar-refractivity contribution in [1.29, 1.82) is 0 Å². The summed E-state index contributed by atoms with van der Waals surface area (Å²) in [5, 5.41) is 2.75. The van der Waals surface area contributed by atoms with Gasteiger partial charge in [-0.2, -0.15) is 0 Å². The van der Waals surface area contributed by atoms with Crippen molar-refractivity contribution in [2.75, 3.05) is 26.0 Å². The van der Waals surface area contributed by atoms with Gasteiger partial charge < -0.3 is 15.0 Å². The molecule has 0 fully saturated rings. The van der Waals surface area contributed by atoms with Gasteiger partial charge in [0.25, 0.3) is 0 Å². The van der Waals surface area contributed by atoms with Gasteiger partial charge in [0.05, 0.1) is 0 Å². The van der Waals surface area contributed by atoms with Crippen molar-refractivity contribution >= 4 is 11.7 Å². The first-order chi connectivity index (χ1) is 8.13. The van der Waals surface area contributed by atoms with Crippen molar-refractivity contribution in [1.82, 2.24) is 4.90 Å². The standard InChI is InChI=1S/C13H18N2O2/c1-4-5-10-17-12-8-6-11(7-9-12)14-13(16)15(2)3/h4-9H,10H2,1-3H3,(H,14,16). The molecule has 0 unspecified atom stereocenters. The number of amides is 2. The first-order valence-corrected chi connectivity index (χ1v) is 5.46. The number of rotatable bonds is 4. The number of hydrogen-bond donors (Lipinski definition) is 1. The second-order valence-corrected chi connectivity index (χ2v) is 3.73. The van der Waals surface area contributed by atoms with Gasteiger partial charge in [-0.25, -0.2) is 4.79 Å². The Morgan fingerprint density at radius 1 is 1.35 bits per heavy atom. The summed E-state index contributed by atoms with van der Waals surface area (Å²) in [4.78, 5) is 12.9. The van der Waals surface area contributed by atoms with Crippen LogP contribution in [0.4, 0.5) is 10.5 Å². The van der Waals surface area contributed by atoms with Crippen molar-refractivity contribution in [2.45, 2.75) is 6.92 Å². The molecule has 0 aliphatic carbocycles. The number of benzene rings is 1. The SMILES string of the molecule is CC=CCOc1ccc(NC(=O)N(C)C)cc1. The summed E-state index contributed by atoms with van der Waals surface area (Å²) < 4.78 is 5.44. The Morgan fingerprint density at radius 3 is 2.53 bits per heavy atom. The smallest absolute Gasteiger partial charge is 0.321 e. The third kappa shape index (κ3) is 4.59. The first-order valence-electron chi connectivity index (χ1n) is 5.46. The van der Waals surface area contributed by atoms with E-state index in [1.807, 2.05) is 43.3 Å². The largest absolute Gasteiger partial charge is 0.490 e. The van der Waals surface area contributed by atoms with Crippen LogP contribution in [0.5, 0.6) is 5.75 Å². The predicted octanol–water partition coefficient (Wildman–Crippen LogP) is 2.74. The van der Waals surface area contributed by atoms with Crippen molar-refractivity contribution in [3.8, 4) is 5.75 Å². The lowest BCUT2D eigenvalue weighted by atomic mass is 10.3. The van der Waals surface area contributed by atoms with E-state index in [0.29, 0.717) is 6.61 Å². The van der Waals surface area contributed by atoms with Crippen molar-refractivity contribution in [3.05, 3.63) is 36.4 Å². The highest BCUT2D eigenvalue weighted by molar-refractivity contribution is 5.88. The summed E-state index contributed by atoms with van der Waals surface area (Å²) in [5.74, 6) is 0.783. The van der Waals surface area contributed by atoms with E-state index in [9.17, 15) is 4.79 Å². The molecule has 0 saturated carbocycles. The highest BCUT2D eigenvalue weighted by atomic mass is 16.5. The number of ether oxygens (including phenoxy) is 1. The molecule has 4 nitrogen and oxygen atoms in total. The Bertz CT molecular complexity index is 383. The van der Waals surface area contributed by atoms with Gasteiger partial charge in [-0.1, -0.05) is 12.2 Å². The molecule has 1 aromatic carbocycles. The summed E-state index contributed by atoms with van der Waals surface area (Å²) >= 11 is 0. The van der Waals surface area contributed by atoms with E-state index in [4.69, 9.17) is 4.74 Å². The highest BCUT2D eigenvalue weighted by Gasteiger charge is 2.03. The van der Waals surface area contributed by atoms with Gasteiger partial charge in [-0.3, -0.25) is 0 Å². The molecule has 1 rings (SSSR count). The van der Waals surface area contributed by atoms with E-state index in [1.165, 1.54) is 4.90 Å². The average Bonchev–Trinajstić information content (AvgIpc) is 2.31. The lowest BCUT2D eigenvalue weighted by Gasteiger charge is -2.12. The van der Waals surface area contributed by atoms with Crippen LogP contribution in [0.1, 0.15) is 6.92 Å². The quantitative estimate of drug-likeness (QED) is 0.814. The van der Waals surface area contributed by atoms with Crippen LogP contribution in [0.25, 0.3) is 0 Å². The maximum atomic E-state index is 11.4. The lowest BCUT2D eigenvalue weighted by molar-refractivity contribution is 0.230. The molecule has 17 heavy (non-hydrogen) atoms. The van der Waals surface area contributed by atoms with E-state index < -0.39 is 0 Å². The Morgan fingerprint density at radius 2 is 2.00 bits per heavy atom. The van der Waals surface area contributed by atoms with Crippen LogP contribution >= 0.6 is 0 Å². The van der Waals surface area contributed by atoms with Crippen LogP contribution in [0.3, 0.4) is 0 Å². The molecule has 0 radical (unpaired) electrons. The summed E-state index contributed by atoms with van der Waals surface area (Å²) in [6, 6.07) is 7.13. The zero-order valence-electron chi connectivity index (χ0n) is 10.4. The minimum Gasteiger partial charge on any atom is -0.490 e. The molecule has 0 atom stereocenters. The van der Waals surface area contributed by atoms with Crippen LogP contribution in [-0.4, -0.2) is 31.6 Å². The molecule has 0 saturated heterocycles. The van der Waals surface area contributed by atoms with Crippen molar-refractivity contribution in [2.24, 2.45) is 0 Å². The van der Waals surface area contributed by atoms with Gasteiger partial charge in [0.1, 0.15) is 12.4 Å². The molecule has 0 bridgehead atoms. The normalized spacial score (nSPS) is 10.3. The molecule has 0 aliphatic rings. The third-order valence-corrected chi connectivity index (χ3v) is 2.09. The number of nitrogens with zero attached hydrogens (tertiary/aromatic N) is 1. The van der Waals surface area contributed by atoms with Gasteiger partial charge in [-0.15, -0.1) is 0 Å². The van der Waals surface area contributed by atoms with E-state index in [2.05, 4.69) is 5.32 Å². The molecule has 4 heteroatoms. The minimum atomic E-state index is -0.146. The highest BCUT2D eigenvalue weighted by Crippen LogP contribution is 2.15. The monoisotopic (exact) mass is 234 g/mol. The van der Waals surface area contributed by atoms with Crippen molar-refractivity contribution < 1.29 is 9.53 Å². The molecule has 0 heterocycles. The third-order valence-electron chi connectivity index (χ3n) is 2.09. The second-order valence-electron chi connectivity index (χ2n) is 3.73. The maximum absolute atomic E-state index is 11.4. The molecule has 1 N–H and O–H groups in total. The van der Waals surface area contributed by atoms with E-state index in [0.717, 1.165) is 11.4 Å². The van der Waals surface area contributed by atoms with E-state index >= 15 is 0 Å². The fourth-order valence-corrected chi connectivity index (χ4v) is 1.11. The molecule has 0 aliphatic heterocycles. The number of carbonyl (C=O) groups is 1. The molecule has 0 spiro atoms. The number of anilines is 1. The van der Waals surface area contributed by atoms with Gasteiger partial charge in [-0.05, 0) is 31.2 Å². The minimum absolute atomic E-state index is 0.146. The molecule has 1 aromatic rings. The molecular weight excluding hydrogens is 216 g/mol. The van der Waals surface area contributed by atoms with Crippen LogP contribution in [0.15, 0.2) is 36.4 Å². The van der Waals surface area contributed by atoms with Crippen LogP contribution in [0.2, 0.25) is 0 Å². The fraction of sp³-hybridized carbons (Fsp3) is 0.308. The number of nitrogens with one attached hydrogen (secondary N) is 1. The number of carbonyl (C=O) groups excluding carboxylic acids is 1. The van der Waals surface area contributed by atoms with Gasteiger partial charge in [0.2, 0.25) is 0 Å². The molecule has 2 amide bonds. The molecule has 92 valence electrons. The van der Waals surface area contributed by atoms with Crippen LogP contribution < -0.4 is 10.1 Å². The fourth-order valence-electron chi connectivity index (χ4n) is 1.11. The number of hydrogen-bond acceptors (Lipinski definition) is 2. The summed E-state index contributed by atoms with van der Waals surface area (Å²) in [6.07, 6.45) is 3.87. The zero-order valence-corrected chi connectivity index (χ0v) is 10.4. The molecule has 0 aromatic heterocycles. The van der Waals surface area contributed by atoms with Gasteiger partial charge >= 0.3 is 6.03 Å². The van der Waals surface area contributed by atoms with Crippen molar-refractivity contribution in [3.63, 3.8) is 0 Å². The van der Waals surface area contributed by atoms with Crippen LogP contribution in [0, 0.1) is 0 Å². The average molecular weight is 234 g/mol. The topological polar surface area (TPSA) is 41.6 Å². The lowest BCUT2D eigenvalue weighted by Crippen LogP contribution is -2.27. The number of urea groups is 1. The van der Waals surface area contributed by atoms with Gasteiger partial charge in [0, 0.05) is 19.8 Å². The van der Waals surface area contributed by atoms with E-state index in [1.54, 1.807) is 14.1 Å².